The Bertz CT molecular complexity index is 76.6. The fourth-order valence-corrected chi connectivity index (χ4v) is 1.63. The monoisotopic (exact) mass is 153 g/mol. The van der Waals surface area contributed by atoms with Crippen molar-refractivity contribution in [2.75, 3.05) is 0 Å². The topological polar surface area (TPSA) is 0 Å². The molecule has 0 aromatic rings. The zero-order valence-electron chi connectivity index (χ0n) is 8.61. The fraction of sp³-hybridized carbons (Fsp3) is 1.00. The molecule has 11 heavy (non-hydrogen) atoms. The van der Waals surface area contributed by atoms with Crippen LogP contribution in [0.2, 0.25) is 12.6 Å². The standard InChI is InChI=1S/C10H22B/c1-5-10(6-2,7-3)9-11-8-4/h5-9H2,1-4H3. The molecule has 0 aromatic heterocycles. The molecule has 0 aliphatic carbocycles. The van der Waals surface area contributed by atoms with Gasteiger partial charge >= 0.3 is 0 Å². The maximum Gasteiger partial charge on any atom is 0.109 e. The molecule has 0 saturated heterocycles. The molecule has 0 aliphatic rings. The lowest BCUT2D eigenvalue weighted by atomic mass is 9.58. The summed E-state index contributed by atoms with van der Waals surface area (Å²) >= 11 is 0. The molecule has 0 spiro atoms. The molecule has 0 fully saturated rings. The number of hydrogen-bond donors (Lipinski definition) is 0. The summed E-state index contributed by atoms with van der Waals surface area (Å²) in [5.41, 5.74) is 0.621. The molecule has 0 heterocycles. The maximum absolute atomic E-state index is 2.43. The highest BCUT2D eigenvalue weighted by atomic mass is 14.2. The van der Waals surface area contributed by atoms with Crippen LogP contribution in [-0.2, 0) is 0 Å². The molecule has 0 N–H and O–H groups in total. The molecular formula is C10H22B. The van der Waals surface area contributed by atoms with Crippen molar-refractivity contribution in [1.82, 2.24) is 0 Å². The average molecular weight is 153 g/mol. The molecule has 0 bridgehead atoms. The molecule has 0 rings (SSSR count). The third-order valence-corrected chi connectivity index (χ3v) is 3.12. The molecule has 0 nitrogen and oxygen atoms in total. The minimum atomic E-state index is 0.621. The Morgan fingerprint density at radius 2 is 1.36 bits per heavy atom. The summed E-state index contributed by atoms with van der Waals surface area (Å²) in [4.78, 5) is 0. The Balaban J connectivity index is 3.84. The van der Waals surface area contributed by atoms with Gasteiger partial charge in [-0.05, 0) is 5.41 Å². The van der Waals surface area contributed by atoms with Gasteiger partial charge in [-0.25, -0.2) is 0 Å². The predicted octanol–water partition coefficient (Wildman–Crippen LogP) is 3.76. The van der Waals surface area contributed by atoms with Crippen molar-refractivity contribution in [3.63, 3.8) is 0 Å². The van der Waals surface area contributed by atoms with Gasteiger partial charge in [0.15, 0.2) is 0 Å². The van der Waals surface area contributed by atoms with Gasteiger partial charge in [0.1, 0.15) is 7.28 Å². The fourth-order valence-electron chi connectivity index (χ4n) is 1.63. The summed E-state index contributed by atoms with van der Waals surface area (Å²) in [6.07, 6.45) is 6.53. The first-order valence-electron chi connectivity index (χ1n) is 5.06. The Hall–Kier alpha value is 0.0649. The van der Waals surface area contributed by atoms with E-state index in [1.54, 1.807) is 0 Å². The van der Waals surface area contributed by atoms with Gasteiger partial charge in [-0.15, -0.1) is 0 Å². The summed E-state index contributed by atoms with van der Waals surface area (Å²) in [5, 5.41) is 0. The van der Waals surface area contributed by atoms with Crippen LogP contribution in [0.25, 0.3) is 0 Å². The second-order valence-electron chi connectivity index (χ2n) is 3.46. The van der Waals surface area contributed by atoms with E-state index in [2.05, 4.69) is 35.0 Å². The smallest absolute Gasteiger partial charge is 0.0831 e. The van der Waals surface area contributed by atoms with Crippen molar-refractivity contribution < 1.29 is 0 Å². The van der Waals surface area contributed by atoms with E-state index in [1.165, 1.54) is 31.9 Å². The van der Waals surface area contributed by atoms with Gasteiger partial charge in [0.2, 0.25) is 0 Å². The van der Waals surface area contributed by atoms with Gasteiger partial charge in [-0.1, -0.05) is 59.6 Å². The molecule has 65 valence electrons. The molecule has 0 unspecified atom stereocenters. The molecule has 1 heteroatoms. The SMILES string of the molecule is CC[B]CC(CC)(CC)CC. The third-order valence-electron chi connectivity index (χ3n) is 3.12. The van der Waals surface area contributed by atoms with E-state index in [4.69, 9.17) is 0 Å². The quantitative estimate of drug-likeness (QED) is 0.509. The van der Waals surface area contributed by atoms with Crippen molar-refractivity contribution in [1.29, 1.82) is 0 Å². The minimum Gasteiger partial charge on any atom is -0.0831 e. The lowest BCUT2D eigenvalue weighted by Gasteiger charge is -2.30. The number of rotatable bonds is 6. The second-order valence-corrected chi connectivity index (χ2v) is 3.46. The van der Waals surface area contributed by atoms with Crippen LogP contribution in [0.15, 0.2) is 0 Å². The van der Waals surface area contributed by atoms with Crippen LogP contribution >= 0.6 is 0 Å². The molecule has 1 radical (unpaired) electrons. The van der Waals surface area contributed by atoms with Crippen LogP contribution < -0.4 is 0 Å². The van der Waals surface area contributed by atoms with Crippen LogP contribution in [0.5, 0.6) is 0 Å². The van der Waals surface area contributed by atoms with E-state index >= 15 is 0 Å². The Morgan fingerprint density at radius 3 is 1.64 bits per heavy atom. The Morgan fingerprint density at radius 1 is 0.909 bits per heavy atom. The van der Waals surface area contributed by atoms with E-state index < -0.39 is 0 Å². The van der Waals surface area contributed by atoms with Crippen molar-refractivity contribution in [2.45, 2.75) is 59.6 Å². The van der Waals surface area contributed by atoms with Crippen molar-refractivity contribution >= 4 is 7.28 Å². The highest BCUT2D eigenvalue weighted by Crippen LogP contribution is 2.34. The zero-order chi connectivity index (χ0) is 8.74. The van der Waals surface area contributed by atoms with E-state index in [1.807, 2.05) is 0 Å². The lowest BCUT2D eigenvalue weighted by Crippen LogP contribution is -2.19. The number of hydrogen-bond acceptors (Lipinski definition) is 0. The van der Waals surface area contributed by atoms with Crippen molar-refractivity contribution in [2.24, 2.45) is 5.41 Å². The highest BCUT2D eigenvalue weighted by Gasteiger charge is 2.22. The van der Waals surface area contributed by atoms with Crippen LogP contribution in [0.3, 0.4) is 0 Å². The third kappa shape index (κ3) is 3.31. The van der Waals surface area contributed by atoms with Crippen molar-refractivity contribution in [3.8, 4) is 0 Å². The van der Waals surface area contributed by atoms with Gasteiger partial charge in [-0.3, -0.25) is 0 Å². The van der Waals surface area contributed by atoms with Gasteiger partial charge in [0, 0.05) is 0 Å². The molecule has 0 aliphatic heterocycles. The summed E-state index contributed by atoms with van der Waals surface area (Å²) in [6, 6.07) is 0. The lowest BCUT2D eigenvalue weighted by molar-refractivity contribution is 0.285. The van der Waals surface area contributed by atoms with Gasteiger partial charge < -0.3 is 0 Å². The largest absolute Gasteiger partial charge is 0.109 e. The van der Waals surface area contributed by atoms with Crippen LogP contribution in [-0.4, -0.2) is 7.28 Å². The van der Waals surface area contributed by atoms with Gasteiger partial charge in [0.25, 0.3) is 0 Å². The van der Waals surface area contributed by atoms with E-state index in [9.17, 15) is 0 Å². The minimum absolute atomic E-state index is 0.621. The molecule has 0 aromatic carbocycles. The summed E-state index contributed by atoms with van der Waals surface area (Å²) in [5.74, 6) is 0. The molecule has 0 atom stereocenters. The highest BCUT2D eigenvalue weighted by molar-refractivity contribution is 6.35. The second kappa shape index (κ2) is 5.68. The molecule has 0 amide bonds. The Labute approximate surface area is 73.0 Å². The summed E-state index contributed by atoms with van der Waals surface area (Å²) in [6.45, 7) is 9.18. The van der Waals surface area contributed by atoms with E-state index in [0.717, 1.165) is 0 Å². The van der Waals surface area contributed by atoms with Crippen molar-refractivity contribution in [3.05, 3.63) is 0 Å². The molecular weight excluding hydrogens is 131 g/mol. The van der Waals surface area contributed by atoms with Crippen LogP contribution in [0.4, 0.5) is 0 Å². The van der Waals surface area contributed by atoms with E-state index in [0.29, 0.717) is 5.41 Å². The molecule has 0 saturated carbocycles. The first-order chi connectivity index (χ1) is 5.24. The Kier molecular flexibility index (Phi) is 5.72. The van der Waals surface area contributed by atoms with E-state index in [-0.39, 0.29) is 0 Å². The van der Waals surface area contributed by atoms with Crippen LogP contribution in [0, 0.1) is 5.41 Å². The zero-order valence-corrected chi connectivity index (χ0v) is 8.61. The van der Waals surface area contributed by atoms with Crippen LogP contribution in [0.1, 0.15) is 47.0 Å². The summed E-state index contributed by atoms with van der Waals surface area (Å²) < 4.78 is 0. The maximum atomic E-state index is 2.43. The van der Waals surface area contributed by atoms with Gasteiger partial charge in [0.05, 0.1) is 0 Å². The predicted molar refractivity (Wildman–Crippen MR) is 54.3 cm³/mol. The first-order valence-corrected chi connectivity index (χ1v) is 5.06. The van der Waals surface area contributed by atoms with Gasteiger partial charge in [-0.2, -0.15) is 0 Å². The first kappa shape index (κ1) is 11.1. The average Bonchev–Trinajstić information content (AvgIpc) is 2.08. The normalized spacial score (nSPS) is 11.6. The summed E-state index contributed by atoms with van der Waals surface area (Å²) in [7, 11) is 2.43.